The molecular weight excluding hydrogens is 250 g/mol. The van der Waals surface area contributed by atoms with Crippen molar-refractivity contribution in [3.63, 3.8) is 0 Å². The fourth-order valence-electron chi connectivity index (χ4n) is 1.62. The SMILES string of the molecule is NCc1cc([N+](=O)[O-])ccc1OCC(=O)NC1CC1. The molecule has 0 bridgehead atoms. The molecule has 7 heteroatoms. The van der Waals surface area contributed by atoms with Crippen LogP contribution in [-0.4, -0.2) is 23.5 Å². The molecule has 0 atom stereocenters. The molecule has 1 aliphatic rings. The Morgan fingerprint density at radius 2 is 2.26 bits per heavy atom. The van der Waals surface area contributed by atoms with Crippen molar-refractivity contribution in [2.24, 2.45) is 5.73 Å². The first-order valence-electron chi connectivity index (χ1n) is 5.99. The van der Waals surface area contributed by atoms with E-state index < -0.39 is 4.92 Å². The molecule has 1 amide bonds. The number of hydrogen-bond donors (Lipinski definition) is 2. The summed E-state index contributed by atoms with van der Waals surface area (Å²) in [6.07, 6.45) is 2.02. The van der Waals surface area contributed by atoms with Crippen LogP contribution in [0.15, 0.2) is 18.2 Å². The Morgan fingerprint density at radius 1 is 1.53 bits per heavy atom. The molecule has 102 valence electrons. The Kier molecular flexibility index (Phi) is 3.96. The summed E-state index contributed by atoms with van der Waals surface area (Å²) in [5, 5.41) is 13.4. The maximum atomic E-state index is 11.5. The Bertz CT molecular complexity index is 500. The Morgan fingerprint density at radius 3 is 2.84 bits per heavy atom. The van der Waals surface area contributed by atoms with Gasteiger partial charge in [0.15, 0.2) is 6.61 Å². The molecule has 0 unspecified atom stereocenters. The van der Waals surface area contributed by atoms with Crippen molar-refractivity contribution < 1.29 is 14.5 Å². The molecule has 1 aromatic rings. The third kappa shape index (κ3) is 3.65. The highest BCUT2D eigenvalue weighted by molar-refractivity contribution is 5.78. The second-order valence-corrected chi connectivity index (χ2v) is 4.38. The number of nitro groups is 1. The minimum atomic E-state index is -0.497. The first kappa shape index (κ1) is 13.3. The predicted octanol–water partition coefficient (Wildman–Crippen LogP) is 0.711. The number of rotatable bonds is 6. The van der Waals surface area contributed by atoms with Gasteiger partial charge in [0.1, 0.15) is 5.75 Å². The van der Waals surface area contributed by atoms with Crippen molar-refractivity contribution in [3.8, 4) is 5.75 Å². The van der Waals surface area contributed by atoms with Crippen LogP contribution >= 0.6 is 0 Å². The molecule has 0 spiro atoms. The van der Waals surface area contributed by atoms with Crippen molar-refractivity contribution in [1.29, 1.82) is 0 Å². The summed E-state index contributed by atoms with van der Waals surface area (Å²) in [6, 6.07) is 4.42. The van der Waals surface area contributed by atoms with Crippen LogP contribution in [0.5, 0.6) is 5.75 Å². The molecule has 1 aromatic carbocycles. The van der Waals surface area contributed by atoms with E-state index in [1.807, 2.05) is 0 Å². The minimum absolute atomic E-state index is 0.0461. The molecule has 1 fully saturated rings. The number of carbonyl (C=O) groups is 1. The molecule has 19 heavy (non-hydrogen) atoms. The average Bonchev–Trinajstić information content (AvgIpc) is 3.19. The Hall–Kier alpha value is -2.15. The number of nitrogens with one attached hydrogen (secondary N) is 1. The van der Waals surface area contributed by atoms with Crippen molar-refractivity contribution in [2.75, 3.05) is 6.61 Å². The lowest BCUT2D eigenvalue weighted by atomic mass is 10.2. The third-order valence-electron chi connectivity index (χ3n) is 2.78. The van der Waals surface area contributed by atoms with Gasteiger partial charge in [0.05, 0.1) is 4.92 Å². The number of benzene rings is 1. The van der Waals surface area contributed by atoms with E-state index in [0.29, 0.717) is 11.3 Å². The summed E-state index contributed by atoms with van der Waals surface area (Å²) in [5.74, 6) is 0.211. The fraction of sp³-hybridized carbons (Fsp3) is 0.417. The summed E-state index contributed by atoms with van der Waals surface area (Å²) in [6.45, 7) is 0.00255. The molecular formula is C12H15N3O4. The van der Waals surface area contributed by atoms with E-state index >= 15 is 0 Å². The topological polar surface area (TPSA) is 107 Å². The van der Waals surface area contributed by atoms with E-state index in [1.54, 1.807) is 0 Å². The lowest BCUT2D eigenvalue weighted by molar-refractivity contribution is -0.384. The number of non-ortho nitro benzene ring substituents is 1. The van der Waals surface area contributed by atoms with Crippen LogP contribution in [0.25, 0.3) is 0 Å². The summed E-state index contributed by atoms with van der Waals surface area (Å²) in [4.78, 5) is 21.6. The molecule has 7 nitrogen and oxygen atoms in total. The van der Waals surface area contributed by atoms with Gasteiger partial charge >= 0.3 is 0 Å². The standard InChI is InChI=1S/C12H15N3O4/c13-6-8-5-10(15(17)18)3-4-11(8)19-7-12(16)14-9-1-2-9/h3-5,9H,1-2,6-7,13H2,(H,14,16). The number of nitrogens with two attached hydrogens (primary N) is 1. The molecule has 1 aliphatic carbocycles. The van der Waals surface area contributed by atoms with Gasteiger partial charge in [-0.15, -0.1) is 0 Å². The van der Waals surface area contributed by atoms with Crippen molar-refractivity contribution in [1.82, 2.24) is 5.32 Å². The smallest absolute Gasteiger partial charge is 0.270 e. The second kappa shape index (κ2) is 5.66. The van der Waals surface area contributed by atoms with Crippen LogP contribution < -0.4 is 15.8 Å². The van der Waals surface area contributed by atoms with Gasteiger partial charge in [0.25, 0.3) is 11.6 Å². The zero-order chi connectivity index (χ0) is 13.8. The van der Waals surface area contributed by atoms with E-state index in [0.717, 1.165) is 12.8 Å². The number of hydrogen-bond acceptors (Lipinski definition) is 5. The number of ether oxygens (including phenoxy) is 1. The van der Waals surface area contributed by atoms with Gasteiger partial charge in [-0.25, -0.2) is 0 Å². The molecule has 0 aliphatic heterocycles. The zero-order valence-corrected chi connectivity index (χ0v) is 10.3. The molecule has 0 radical (unpaired) electrons. The van der Waals surface area contributed by atoms with Crippen LogP contribution in [-0.2, 0) is 11.3 Å². The maximum absolute atomic E-state index is 11.5. The molecule has 0 heterocycles. The second-order valence-electron chi connectivity index (χ2n) is 4.38. The molecule has 0 saturated heterocycles. The third-order valence-corrected chi connectivity index (χ3v) is 2.78. The zero-order valence-electron chi connectivity index (χ0n) is 10.3. The van der Waals surface area contributed by atoms with Crippen LogP contribution in [0.3, 0.4) is 0 Å². The summed E-state index contributed by atoms with van der Waals surface area (Å²) in [7, 11) is 0. The summed E-state index contributed by atoms with van der Waals surface area (Å²) >= 11 is 0. The summed E-state index contributed by atoms with van der Waals surface area (Å²) in [5.41, 5.74) is 5.98. The van der Waals surface area contributed by atoms with Crippen molar-refractivity contribution >= 4 is 11.6 Å². The highest BCUT2D eigenvalue weighted by atomic mass is 16.6. The number of nitrogens with zero attached hydrogens (tertiary/aromatic N) is 1. The summed E-state index contributed by atoms with van der Waals surface area (Å²) < 4.78 is 5.34. The van der Waals surface area contributed by atoms with Gasteiger partial charge in [-0.3, -0.25) is 14.9 Å². The van der Waals surface area contributed by atoms with E-state index in [1.165, 1.54) is 18.2 Å². The fourth-order valence-corrected chi connectivity index (χ4v) is 1.62. The van der Waals surface area contributed by atoms with E-state index in [9.17, 15) is 14.9 Å². The van der Waals surface area contributed by atoms with Crippen LogP contribution in [0, 0.1) is 10.1 Å². The molecule has 0 aromatic heterocycles. The highest BCUT2D eigenvalue weighted by Gasteiger charge is 2.23. The van der Waals surface area contributed by atoms with Gasteiger partial charge in [-0.2, -0.15) is 0 Å². The van der Waals surface area contributed by atoms with Crippen molar-refractivity contribution in [2.45, 2.75) is 25.4 Å². The Labute approximate surface area is 109 Å². The van der Waals surface area contributed by atoms with Gasteiger partial charge in [0, 0.05) is 30.3 Å². The normalized spacial score (nSPS) is 13.9. The van der Waals surface area contributed by atoms with Crippen LogP contribution in [0.1, 0.15) is 18.4 Å². The monoisotopic (exact) mass is 265 g/mol. The average molecular weight is 265 g/mol. The van der Waals surface area contributed by atoms with E-state index in [2.05, 4.69) is 5.32 Å². The van der Waals surface area contributed by atoms with E-state index in [4.69, 9.17) is 10.5 Å². The van der Waals surface area contributed by atoms with Gasteiger partial charge in [-0.05, 0) is 18.9 Å². The first-order valence-corrected chi connectivity index (χ1v) is 5.99. The highest BCUT2D eigenvalue weighted by Crippen LogP contribution is 2.24. The molecule has 3 N–H and O–H groups in total. The largest absolute Gasteiger partial charge is 0.483 e. The van der Waals surface area contributed by atoms with Gasteiger partial charge in [0.2, 0.25) is 0 Å². The van der Waals surface area contributed by atoms with Crippen LogP contribution in [0.2, 0.25) is 0 Å². The van der Waals surface area contributed by atoms with Gasteiger partial charge in [-0.1, -0.05) is 0 Å². The number of nitro benzene ring substituents is 1. The molecule has 2 rings (SSSR count). The predicted molar refractivity (Wildman–Crippen MR) is 67.6 cm³/mol. The van der Waals surface area contributed by atoms with Crippen LogP contribution in [0.4, 0.5) is 5.69 Å². The van der Waals surface area contributed by atoms with E-state index in [-0.39, 0.29) is 30.8 Å². The molecule has 1 saturated carbocycles. The number of amides is 1. The number of carbonyl (C=O) groups excluding carboxylic acids is 1. The minimum Gasteiger partial charge on any atom is -0.483 e. The lowest BCUT2D eigenvalue weighted by Gasteiger charge is -2.10. The van der Waals surface area contributed by atoms with Crippen molar-refractivity contribution in [3.05, 3.63) is 33.9 Å². The Balaban J connectivity index is 1.98. The lowest BCUT2D eigenvalue weighted by Crippen LogP contribution is -2.30. The van der Waals surface area contributed by atoms with Gasteiger partial charge < -0.3 is 15.8 Å². The quantitative estimate of drug-likeness (QED) is 0.581. The maximum Gasteiger partial charge on any atom is 0.270 e. The first-order chi connectivity index (χ1) is 9.10.